The largest absolute Gasteiger partial charge is 0.379 e. The van der Waals surface area contributed by atoms with Crippen molar-refractivity contribution >= 4 is 5.96 Å². The fourth-order valence-electron chi connectivity index (χ4n) is 1.99. The number of nitrogens with zero attached hydrogens (tertiary/aromatic N) is 2. The third-order valence-corrected chi connectivity index (χ3v) is 3.08. The molecule has 5 heteroatoms. The van der Waals surface area contributed by atoms with Gasteiger partial charge in [-0.3, -0.25) is 9.89 Å². The maximum Gasteiger partial charge on any atom is 0.188 e. The second-order valence-electron chi connectivity index (χ2n) is 5.02. The first-order chi connectivity index (χ1) is 8.72. The van der Waals surface area contributed by atoms with Crippen molar-refractivity contribution in [2.45, 2.75) is 26.7 Å². The van der Waals surface area contributed by atoms with Crippen LogP contribution in [-0.2, 0) is 4.74 Å². The Balaban J connectivity index is 2.14. The molecule has 0 bridgehead atoms. The standard InChI is InChI=1S/C13H28N4O/c1-3-4-5-15-13(14)16-10-12(2)11-17-6-8-18-9-7-17/h12H,3-11H2,1-2H3,(H3,14,15,16). The van der Waals surface area contributed by atoms with Crippen LogP contribution in [0, 0.1) is 5.92 Å². The number of nitrogens with one attached hydrogen (secondary N) is 1. The monoisotopic (exact) mass is 256 g/mol. The van der Waals surface area contributed by atoms with Crippen molar-refractivity contribution in [3.8, 4) is 0 Å². The van der Waals surface area contributed by atoms with E-state index in [1.807, 2.05) is 0 Å². The predicted molar refractivity (Wildman–Crippen MR) is 75.8 cm³/mol. The van der Waals surface area contributed by atoms with E-state index in [2.05, 4.69) is 29.1 Å². The maximum atomic E-state index is 5.80. The van der Waals surface area contributed by atoms with E-state index in [1.165, 1.54) is 6.42 Å². The van der Waals surface area contributed by atoms with E-state index in [0.717, 1.165) is 52.4 Å². The summed E-state index contributed by atoms with van der Waals surface area (Å²) in [5.74, 6) is 1.12. The Labute approximate surface area is 111 Å². The molecule has 1 fully saturated rings. The highest BCUT2D eigenvalue weighted by Crippen LogP contribution is 2.03. The van der Waals surface area contributed by atoms with Crippen LogP contribution in [0.3, 0.4) is 0 Å². The van der Waals surface area contributed by atoms with Crippen LogP contribution in [0.4, 0.5) is 0 Å². The molecular formula is C13H28N4O. The number of nitrogens with two attached hydrogens (primary N) is 1. The van der Waals surface area contributed by atoms with Crippen molar-refractivity contribution in [3.63, 3.8) is 0 Å². The van der Waals surface area contributed by atoms with Gasteiger partial charge in [0.15, 0.2) is 5.96 Å². The van der Waals surface area contributed by atoms with Gasteiger partial charge >= 0.3 is 0 Å². The van der Waals surface area contributed by atoms with Crippen molar-refractivity contribution in [2.24, 2.45) is 16.6 Å². The lowest BCUT2D eigenvalue weighted by molar-refractivity contribution is 0.0323. The highest BCUT2D eigenvalue weighted by atomic mass is 16.5. The first kappa shape index (κ1) is 15.2. The molecule has 0 aliphatic carbocycles. The average Bonchev–Trinajstić information content (AvgIpc) is 2.38. The van der Waals surface area contributed by atoms with E-state index in [1.54, 1.807) is 0 Å². The van der Waals surface area contributed by atoms with Gasteiger partial charge in [0.25, 0.3) is 0 Å². The van der Waals surface area contributed by atoms with E-state index >= 15 is 0 Å². The average molecular weight is 256 g/mol. The lowest BCUT2D eigenvalue weighted by Crippen LogP contribution is -2.39. The summed E-state index contributed by atoms with van der Waals surface area (Å²) >= 11 is 0. The molecule has 1 saturated heterocycles. The summed E-state index contributed by atoms with van der Waals surface area (Å²) in [5, 5.41) is 3.14. The summed E-state index contributed by atoms with van der Waals surface area (Å²) in [6.45, 7) is 11.0. The van der Waals surface area contributed by atoms with Gasteiger partial charge in [0.2, 0.25) is 0 Å². The van der Waals surface area contributed by atoms with Gasteiger partial charge < -0.3 is 15.8 Å². The lowest BCUT2D eigenvalue weighted by Gasteiger charge is -2.28. The molecule has 0 aromatic rings. The number of morpholine rings is 1. The normalized spacial score (nSPS) is 19.8. The van der Waals surface area contributed by atoms with Crippen molar-refractivity contribution in [2.75, 3.05) is 45.9 Å². The Morgan fingerprint density at radius 1 is 1.44 bits per heavy atom. The molecular weight excluding hydrogens is 228 g/mol. The Morgan fingerprint density at radius 2 is 2.17 bits per heavy atom. The van der Waals surface area contributed by atoms with E-state index in [9.17, 15) is 0 Å². The van der Waals surface area contributed by atoms with Crippen LogP contribution in [-0.4, -0.2) is 56.8 Å². The minimum atomic E-state index is 0.537. The van der Waals surface area contributed by atoms with Crippen LogP contribution in [0.1, 0.15) is 26.7 Å². The second kappa shape index (κ2) is 9.16. The van der Waals surface area contributed by atoms with Crippen molar-refractivity contribution in [1.82, 2.24) is 10.2 Å². The van der Waals surface area contributed by atoms with E-state index in [4.69, 9.17) is 10.5 Å². The van der Waals surface area contributed by atoms with Crippen LogP contribution >= 0.6 is 0 Å². The van der Waals surface area contributed by atoms with Gasteiger partial charge in [-0.05, 0) is 12.3 Å². The van der Waals surface area contributed by atoms with E-state index < -0.39 is 0 Å². The molecule has 1 rings (SSSR count). The summed E-state index contributed by atoms with van der Waals surface area (Å²) in [6.07, 6.45) is 2.31. The fourth-order valence-corrected chi connectivity index (χ4v) is 1.99. The van der Waals surface area contributed by atoms with Gasteiger partial charge in [-0.25, -0.2) is 0 Å². The Hall–Kier alpha value is -0.810. The zero-order valence-corrected chi connectivity index (χ0v) is 11.8. The highest BCUT2D eigenvalue weighted by molar-refractivity contribution is 5.77. The van der Waals surface area contributed by atoms with Gasteiger partial charge in [-0.2, -0.15) is 0 Å². The summed E-state index contributed by atoms with van der Waals surface area (Å²) in [6, 6.07) is 0. The molecule has 0 amide bonds. The Bertz CT molecular complexity index is 239. The van der Waals surface area contributed by atoms with Gasteiger partial charge in [0.1, 0.15) is 0 Å². The third kappa shape index (κ3) is 6.81. The molecule has 106 valence electrons. The van der Waals surface area contributed by atoms with Gasteiger partial charge in [-0.15, -0.1) is 0 Å². The van der Waals surface area contributed by atoms with E-state index in [-0.39, 0.29) is 0 Å². The Morgan fingerprint density at radius 3 is 2.83 bits per heavy atom. The second-order valence-corrected chi connectivity index (χ2v) is 5.02. The molecule has 18 heavy (non-hydrogen) atoms. The van der Waals surface area contributed by atoms with Gasteiger partial charge in [0, 0.05) is 32.7 Å². The molecule has 0 saturated carbocycles. The van der Waals surface area contributed by atoms with Crippen LogP contribution in [0.5, 0.6) is 0 Å². The number of guanidine groups is 1. The third-order valence-electron chi connectivity index (χ3n) is 3.08. The number of rotatable bonds is 7. The van der Waals surface area contributed by atoms with Crippen molar-refractivity contribution in [1.29, 1.82) is 0 Å². The van der Waals surface area contributed by atoms with Crippen LogP contribution in [0.25, 0.3) is 0 Å². The fraction of sp³-hybridized carbons (Fsp3) is 0.923. The molecule has 1 aliphatic rings. The number of hydrogen-bond acceptors (Lipinski definition) is 3. The molecule has 0 radical (unpaired) electrons. The van der Waals surface area contributed by atoms with Crippen LogP contribution in [0.2, 0.25) is 0 Å². The number of aliphatic imine (C=N–C) groups is 1. The molecule has 1 unspecified atom stereocenters. The number of ether oxygens (including phenoxy) is 1. The molecule has 3 N–H and O–H groups in total. The van der Waals surface area contributed by atoms with E-state index in [0.29, 0.717) is 11.9 Å². The summed E-state index contributed by atoms with van der Waals surface area (Å²) < 4.78 is 5.34. The molecule has 1 atom stereocenters. The number of hydrogen-bond donors (Lipinski definition) is 2. The first-order valence-electron chi connectivity index (χ1n) is 7.06. The first-order valence-corrected chi connectivity index (χ1v) is 7.06. The summed E-state index contributed by atoms with van der Waals surface area (Å²) in [4.78, 5) is 6.82. The lowest BCUT2D eigenvalue weighted by atomic mass is 10.1. The summed E-state index contributed by atoms with van der Waals surface area (Å²) in [7, 11) is 0. The minimum Gasteiger partial charge on any atom is -0.379 e. The van der Waals surface area contributed by atoms with Crippen LogP contribution < -0.4 is 11.1 Å². The molecule has 0 spiro atoms. The molecule has 0 aromatic carbocycles. The van der Waals surface area contributed by atoms with Gasteiger partial charge in [0.05, 0.1) is 13.2 Å². The molecule has 0 aromatic heterocycles. The molecule has 1 heterocycles. The Kier molecular flexibility index (Phi) is 7.76. The minimum absolute atomic E-state index is 0.537. The predicted octanol–water partition coefficient (Wildman–Crippen LogP) is 0.659. The van der Waals surface area contributed by atoms with Gasteiger partial charge in [-0.1, -0.05) is 20.3 Å². The topological polar surface area (TPSA) is 62.9 Å². The van der Waals surface area contributed by atoms with Crippen LogP contribution in [0.15, 0.2) is 4.99 Å². The van der Waals surface area contributed by atoms with Crippen molar-refractivity contribution < 1.29 is 4.74 Å². The SMILES string of the molecule is CCCCNC(N)=NCC(C)CN1CCOCC1. The summed E-state index contributed by atoms with van der Waals surface area (Å²) in [5.41, 5.74) is 5.80. The molecule has 1 aliphatic heterocycles. The smallest absolute Gasteiger partial charge is 0.188 e. The molecule has 5 nitrogen and oxygen atoms in total. The zero-order valence-electron chi connectivity index (χ0n) is 11.8. The number of unbranched alkanes of at least 4 members (excludes halogenated alkanes) is 1. The zero-order chi connectivity index (χ0) is 13.2. The highest BCUT2D eigenvalue weighted by Gasteiger charge is 2.13. The van der Waals surface area contributed by atoms with Crippen molar-refractivity contribution in [3.05, 3.63) is 0 Å². The quantitative estimate of drug-likeness (QED) is 0.399. The maximum absolute atomic E-state index is 5.80.